The summed E-state index contributed by atoms with van der Waals surface area (Å²) < 4.78 is 28.5. The van der Waals surface area contributed by atoms with Gasteiger partial charge in [0.05, 0.1) is 4.90 Å². The van der Waals surface area contributed by atoms with Crippen molar-refractivity contribution in [3.05, 3.63) is 89.7 Å². The van der Waals surface area contributed by atoms with Crippen LogP contribution in [0.25, 0.3) is 0 Å². The molecule has 2 aromatic carbocycles. The average molecular weight is 507 g/mol. The topological polar surface area (TPSA) is 82.6 Å². The molecule has 36 heavy (non-hydrogen) atoms. The molecule has 1 fully saturated rings. The van der Waals surface area contributed by atoms with Crippen LogP contribution in [0.1, 0.15) is 47.2 Å². The second kappa shape index (κ2) is 12.3. The van der Waals surface area contributed by atoms with Crippen LogP contribution in [0.5, 0.6) is 0 Å². The number of nitrogens with zero attached hydrogens (tertiary/aromatic N) is 3. The number of hydrogen-bond donors (Lipinski definition) is 1. The average Bonchev–Trinajstić information content (AvgIpc) is 2.92. The van der Waals surface area contributed by atoms with E-state index in [0.29, 0.717) is 18.5 Å². The molecular formula is C28H34N4O3S. The Bertz CT molecular complexity index is 1260. The molecule has 3 aromatic rings. The molecule has 0 bridgehead atoms. The molecule has 4 rings (SSSR count). The highest BCUT2D eigenvalue weighted by atomic mass is 32.2. The lowest BCUT2D eigenvalue weighted by atomic mass is 10.0. The molecule has 1 amide bonds. The van der Waals surface area contributed by atoms with E-state index in [2.05, 4.69) is 14.6 Å². The zero-order valence-corrected chi connectivity index (χ0v) is 21.6. The van der Waals surface area contributed by atoms with Gasteiger partial charge in [0.2, 0.25) is 10.0 Å². The van der Waals surface area contributed by atoms with E-state index in [4.69, 9.17) is 0 Å². The quantitative estimate of drug-likeness (QED) is 0.419. The van der Waals surface area contributed by atoms with Gasteiger partial charge in [-0.1, -0.05) is 30.7 Å². The fourth-order valence-corrected chi connectivity index (χ4v) is 5.67. The first-order chi connectivity index (χ1) is 17.4. The van der Waals surface area contributed by atoms with Gasteiger partial charge < -0.3 is 9.80 Å². The minimum atomic E-state index is -3.58. The van der Waals surface area contributed by atoms with E-state index in [-0.39, 0.29) is 10.8 Å². The van der Waals surface area contributed by atoms with E-state index >= 15 is 0 Å². The van der Waals surface area contributed by atoms with Crippen molar-refractivity contribution >= 4 is 21.6 Å². The summed E-state index contributed by atoms with van der Waals surface area (Å²) in [7, 11) is -1.84. The molecule has 1 aromatic heterocycles. The lowest BCUT2D eigenvalue weighted by Gasteiger charge is -2.26. The van der Waals surface area contributed by atoms with Gasteiger partial charge in [-0.2, -0.15) is 0 Å². The molecule has 1 aliphatic rings. The number of aromatic nitrogens is 1. The first-order valence-electron chi connectivity index (χ1n) is 12.5. The van der Waals surface area contributed by atoms with Crippen molar-refractivity contribution in [1.82, 2.24) is 14.6 Å². The maximum Gasteiger partial charge on any atom is 0.258 e. The number of benzene rings is 2. The van der Waals surface area contributed by atoms with Crippen LogP contribution < -0.4 is 9.62 Å². The van der Waals surface area contributed by atoms with Crippen molar-refractivity contribution < 1.29 is 13.2 Å². The van der Waals surface area contributed by atoms with Crippen LogP contribution in [0.4, 0.5) is 5.69 Å². The standard InChI is InChI=1S/C28H34N4O3S/c1-31(26-12-15-29-16-13-26)28(33)25-10-5-8-23(21-25)20-24-9-6-11-27(22-24)36(34,35)30-14-7-19-32-17-3-2-4-18-32/h5-6,8-13,15-16,21-22,30H,2-4,7,14,17-20H2,1H3. The molecule has 8 heteroatoms. The summed E-state index contributed by atoms with van der Waals surface area (Å²) in [5, 5.41) is 0. The minimum Gasteiger partial charge on any atom is -0.311 e. The number of carbonyl (C=O) groups excluding carboxylic acids is 1. The van der Waals surface area contributed by atoms with Gasteiger partial charge in [0.25, 0.3) is 5.91 Å². The number of anilines is 1. The number of nitrogens with one attached hydrogen (secondary N) is 1. The van der Waals surface area contributed by atoms with Gasteiger partial charge >= 0.3 is 0 Å². The molecule has 0 atom stereocenters. The molecule has 7 nitrogen and oxygen atoms in total. The van der Waals surface area contributed by atoms with Crippen LogP contribution in [0.15, 0.2) is 78.0 Å². The molecule has 0 spiro atoms. The Morgan fingerprint density at radius 1 is 0.972 bits per heavy atom. The molecule has 0 radical (unpaired) electrons. The first kappa shape index (κ1) is 26.0. The van der Waals surface area contributed by atoms with Gasteiger partial charge in [-0.25, -0.2) is 13.1 Å². The lowest BCUT2D eigenvalue weighted by molar-refractivity contribution is 0.0993. The van der Waals surface area contributed by atoms with E-state index in [9.17, 15) is 13.2 Å². The Morgan fingerprint density at radius 2 is 1.67 bits per heavy atom. The fourth-order valence-electron chi connectivity index (χ4n) is 4.53. The van der Waals surface area contributed by atoms with E-state index in [1.807, 2.05) is 24.3 Å². The van der Waals surface area contributed by atoms with Crippen molar-refractivity contribution in [3.63, 3.8) is 0 Å². The normalized spacial score (nSPS) is 14.5. The Balaban J connectivity index is 1.37. The zero-order valence-electron chi connectivity index (χ0n) is 20.8. The summed E-state index contributed by atoms with van der Waals surface area (Å²) in [4.78, 5) is 21.2. The predicted octanol–water partition coefficient (Wildman–Crippen LogP) is 4.10. The van der Waals surface area contributed by atoms with Gasteiger partial charge in [0, 0.05) is 37.2 Å². The van der Waals surface area contributed by atoms with Crippen LogP contribution >= 0.6 is 0 Å². The number of rotatable bonds is 10. The summed E-state index contributed by atoms with van der Waals surface area (Å²) in [5.74, 6) is -0.117. The highest BCUT2D eigenvalue weighted by molar-refractivity contribution is 7.89. The van der Waals surface area contributed by atoms with E-state index < -0.39 is 10.0 Å². The molecule has 0 unspecified atom stereocenters. The second-order valence-corrected chi connectivity index (χ2v) is 11.0. The Morgan fingerprint density at radius 3 is 2.42 bits per heavy atom. The van der Waals surface area contributed by atoms with Crippen LogP contribution in [-0.4, -0.2) is 57.4 Å². The monoisotopic (exact) mass is 506 g/mol. The maximum atomic E-state index is 13.0. The summed E-state index contributed by atoms with van der Waals surface area (Å²) in [6, 6.07) is 18.0. The third-order valence-electron chi connectivity index (χ3n) is 6.54. The van der Waals surface area contributed by atoms with Crippen molar-refractivity contribution in [2.24, 2.45) is 0 Å². The molecular weight excluding hydrogens is 472 g/mol. The Labute approximate surface area is 214 Å². The van der Waals surface area contributed by atoms with E-state index in [0.717, 1.165) is 42.9 Å². The van der Waals surface area contributed by atoms with Crippen LogP contribution in [0.2, 0.25) is 0 Å². The maximum absolute atomic E-state index is 13.0. The van der Waals surface area contributed by atoms with E-state index in [1.165, 1.54) is 19.3 Å². The lowest BCUT2D eigenvalue weighted by Crippen LogP contribution is -2.33. The van der Waals surface area contributed by atoms with Crippen molar-refractivity contribution in [2.45, 2.75) is 37.0 Å². The molecule has 2 heterocycles. The SMILES string of the molecule is CN(C(=O)c1cccc(Cc2cccc(S(=O)(=O)NCCCN3CCCCC3)c2)c1)c1ccncc1. The van der Waals surface area contributed by atoms with Gasteiger partial charge in [-0.15, -0.1) is 0 Å². The van der Waals surface area contributed by atoms with Gasteiger partial charge in [0.1, 0.15) is 0 Å². The van der Waals surface area contributed by atoms with Crippen LogP contribution in [0.3, 0.4) is 0 Å². The van der Waals surface area contributed by atoms with E-state index in [1.54, 1.807) is 60.7 Å². The highest BCUT2D eigenvalue weighted by Gasteiger charge is 2.16. The second-order valence-electron chi connectivity index (χ2n) is 9.25. The fraction of sp³-hybridized carbons (Fsp3) is 0.357. The number of amides is 1. The zero-order chi connectivity index (χ0) is 25.4. The third-order valence-corrected chi connectivity index (χ3v) is 8.00. The summed E-state index contributed by atoms with van der Waals surface area (Å²) in [5.41, 5.74) is 3.15. The first-order valence-corrected chi connectivity index (χ1v) is 14.0. The number of carbonyl (C=O) groups is 1. The summed E-state index contributed by atoms with van der Waals surface area (Å²) in [6.45, 7) is 3.58. The number of sulfonamides is 1. The van der Waals surface area contributed by atoms with Crippen LogP contribution in [-0.2, 0) is 16.4 Å². The predicted molar refractivity (Wildman–Crippen MR) is 143 cm³/mol. The van der Waals surface area contributed by atoms with Crippen molar-refractivity contribution in [2.75, 3.05) is 38.1 Å². The summed E-state index contributed by atoms with van der Waals surface area (Å²) >= 11 is 0. The molecule has 0 aliphatic carbocycles. The van der Waals surface area contributed by atoms with Gasteiger partial charge in [-0.3, -0.25) is 9.78 Å². The number of hydrogen-bond acceptors (Lipinski definition) is 5. The van der Waals surface area contributed by atoms with Gasteiger partial charge in [-0.05, 0) is 92.8 Å². The molecule has 1 saturated heterocycles. The highest BCUT2D eigenvalue weighted by Crippen LogP contribution is 2.19. The van der Waals surface area contributed by atoms with Crippen molar-refractivity contribution in [3.8, 4) is 0 Å². The largest absolute Gasteiger partial charge is 0.311 e. The molecule has 1 aliphatic heterocycles. The third kappa shape index (κ3) is 7.00. The Hall–Kier alpha value is -3.07. The van der Waals surface area contributed by atoms with Gasteiger partial charge in [0.15, 0.2) is 0 Å². The number of pyridine rings is 1. The Kier molecular flexibility index (Phi) is 8.85. The molecule has 190 valence electrons. The molecule has 1 N–H and O–H groups in total. The molecule has 0 saturated carbocycles. The minimum absolute atomic E-state index is 0.117. The number of piperidine rings is 1. The summed E-state index contributed by atoms with van der Waals surface area (Å²) in [6.07, 6.45) is 8.39. The van der Waals surface area contributed by atoms with Crippen LogP contribution in [0, 0.1) is 0 Å². The van der Waals surface area contributed by atoms with Crippen molar-refractivity contribution in [1.29, 1.82) is 0 Å². The smallest absolute Gasteiger partial charge is 0.258 e. The number of likely N-dealkylation sites (tertiary alicyclic amines) is 1.